The van der Waals surface area contributed by atoms with Crippen LogP contribution in [-0.4, -0.2) is 34.9 Å². The second kappa shape index (κ2) is 7.10. The lowest BCUT2D eigenvalue weighted by molar-refractivity contribution is 0.512. The van der Waals surface area contributed by atoms with Gasteiger partial charge in [-0.15, -0.1) is 0 Å². The van der Waals surface area contributed by atoms with E-state index in [1.54, 1.807) is 12.1 Å². The first-order valence-corrected chi connectivity index (χ1v) is 10.9. The highest BCUT2D eigenvalue weighted by Gasteiger charge is 2.27. The molecule has 5 nitrogen and oxygen atoms in total. The number of rotatable bonds is 7. The van der Waals surface area contributed by atoms with Crippen molar-refractivity contribution in [3.63, 3.8) is 0 Å². The Morgan fingerprint density at radius 2 is 1.91 bits per heavy atom. The maximum absolute atomic E-state index is 12.1. The van der Waals surface area contributed by atoms with Crippen LogP contribution in [-0.2, 0) is 26.3 Å². The van der Waals surface area contributed by atoms with Gasteiger partial charge in [-0.3, -0.25) is 0 Å². The summed E-state index contributed by atoms with van der Waals surface area (Å²) in [6.45, 7) is 2.36. The number of benzene rings is 1. The standard InChI is InChI=1S/C15H23NO4S2/c1-2-13-5-7-15(8-6-13)22(19,20)16-10-3-4-14-9-11-21(17,18)12-14/h5-8,14,16H,2-4,9-12H2,1H3. The van der Waals surface area contributed by atoms with Crippen molar-refractivity contribution in [1.29, 1.82) is 0 Å². The van der Waals surface area contributed by atoms with Gasteiger partial charge in [-0.25, -0.2) is 21.6 Å². The molecule has 1 heterocycles. The van der Waals surface area contributed by atoms with E-state index in [2.05, 4.69) is 4.72 Å². The second-order valence-electron chi connectivity index (χ2n) is 5.81. The molecule has 1 atom stereocenters. The molecule has 1 aromatic rings. The van der Waals surface area contributed by atoms with E-state index in [9.17, 15) is 16.8 Å². The van der Waals surface area contributed by atoms with Crippen LogP contribution in [0, 0.1) is 5.92 Å². The average molecular weight is 345 g/mol. The molecule has 0 aliphatic carbocycles. The van der Waals surface area contributed by atoms with Gasteiger partial charge in [-0.1, -0.05) is 19.1 Å². The van der Waals surface area contributed by atoms with Crippen LogP contribution in [0.5, 0.6) is 0 Å². The highest BCUT2D eigenvalue weighted by molar-refractivity contribution is 7.91. The van der Waals surface area contributed by atoms with E-state index in [4.69, 9.17) is 0 Å². The Balaban J connectivity index is 1.80. The molecule has 0 amide bonds. The Hall–Kier alpha value is -0.920. The Morgan fingerprint density at radius 1 is 1.23 bits per heavy atom. The van der Waals surface area contributed by atoms with E-state index in [1.165, 1.54) is 0 Å². The first-order chi connectivity index (χ1) is 10.3. The SMILES string of the molecule is CCc1ccc(S(=O)(=O)NCCCC2CCS(=O)(=O)C2)cc1. The maximum atomic E-state index is 12.1. The van der Waals surface area contributed by atoms with Crippen LogP contribution in [0.3, 0.4) is 0 Å². The van der Waals surface area contributed by atoms with Crippen LogP contribution in [0.2, 0.25) is 0 Å². The van der Waals surface area contributed by atoms with E-state index < -0.39 is 19.9 Å². The van der Waals surface area contributed by atoms with Gasteiger partial charge in [0.1, 0.15) is 0 Å². The fraction of sp³-hybridized carbons (Fsp3) is 0.600. The van der Waals surface area contributed by atoms with Crippen molar-refractivity contribution in [3.05, 3.63) is 29.8 Å². The molecule has 1 fully saturated rings. The van der Waals surface area contributed by atoms with Crippen molar-refractivity contribution in [3.8, 4) is 0 Å². The van der Waals surface area contributed by atoms with Gasteiger partial charge in [0.15, 0.2) is 9.84 Å². The minimum absolute atomic E-state index is 0.179. The van der Waals surface area contributed by atoms with Gasteiger partial charge >= 0.3 is 0 Å². The molecular weight excluding hydrogens is 322 g/mol. The smallest absolute Gasteiger partial charge is 0.229 e. The van der Waals surface area contributed by atoms with Crippen LogP contribution in [0.25, 0.3) is 0 Å². The molecular formula is C15H23NO4S2. The predicted octanol–water partition coefficient (Wildman–Crippen LogP) is 1.74. The van der Waals surface area contributed by atoms with Gasteiger partial charge in [-0.2, -0.15) is 0 Å². The lowest BCUT2D eigenvalue weighted by Crippen LogP contribution is -2.25. The van der Waals surface area contributed by atoms with E-state index >= 15 is 0 Å². The minimum atomic E-state index is -3.47. The zero-order chi connectivity index (χ0) is 16.2. The van der Waals surface area contributed by atoms with Crippen molar-refractivity contribution < 1.29 is 16.8 Å². The van der Waals surface area contributed by atoms with Crippen molar-refractivity contribution in [2.24, 2.45) is 5.92 Å². The summed E-state index contributed by atoms with van der Waals surface area (Å²) >= 11 is 0. The van der Waals surface area contributed by atoms with Gasteiger partial charge in [0.05, 0.1) is 16.4 Å². The van der Waals surface area contributed by atoms with Crippen LogP contribution in [0.4, 0.5) is 0 Å². The topological polar surface area (TPSA) is 80.3 Å². The first-order valence-electron chi connectivity index (χ1n) is 7.61. The molecule has 7 heteroatoms. The van der Waals surface area contributed by atoms with Crippen molar-refractivity contribution in [2.45, 2.75) is 37.5 Å². The van der Waals surface area contributed by atoms with Crippen LogP contribution < -0.4 is 4.72 Å². The second-order valence-corrected chi connectivity index (χ2v) is 9.80. The number of nitrogens with one attached hydrogen (secondary N) is 1. The lowest BCUT2D eigenvalue weighted by Gasteiger charge is -2.09. The Bertz CT molecular complexity index is 694. The van der Waals surface area contributed by atoms with Crippen LogP contribution in [0.1, 0.15) is 31.7 Å². The molecule has 1 N–H and O–H groups in total. The summed E-state index contributed by atoms with van der Waals surface area (Å²) in [5.74, 6) is 0.698. The molecule has 0 bridgehead atoms. The predicted molar refractivity (Wildman–Crippen MR) is 87.0 cm³/mol. The summed E-state index contributed by atoms with van der Waals surface area (Å²) in [4.78, 5) is 0.271. The third kappa shape index (κ3) is 4.79. The number of hydrogen-bond donors (Lipinski definition) is 1. The molecule has 0 spiro atoms. The summed E-state index contributed by atoms with van der Waals surface area (Å²) < 4.78 is 49.5. The number of sulfonamides is 1. The zero-order valence-corrected chi connectivity index (χ0v) is 14.4. The van der Waals surface area contributed by atoms with Crippen molar-refractivity contribution in [1.82, 2.24) is 4.72 Å². The third-order valence-electron chi connectivity index (χ3n) is 4.05. The number of sulfone groups is 1. The summed E-state index contributed by atoms with van der Waals surface area (Å²) in [7, 11) is -6.32. The molecule has 124 valence electrons. The maximum Gasteiger partial charge on any atom is 0.240 e. The fourth-order valence-corrected chi connectivity index (χ4v) is 5.67. The Labute approximate surface area is 133 Å². The molecule has 1 unspecified atom stereocenters. The molecule has 0 radical (unpaired) electrons. The normalized spacial score (nSPS) is 21.0. The van der Waals surface area contributed by atoms with Crippen molar-refractivity contribution in [2.75, 3.05) is 18.1 Å². The summed E-state index contributed by atoms with van der Waals surface area (Å²) in [6.07, 6.45) is 2.98. The Kier molecular flexibility index (Phi) is 5.63. The van der Waals surface area contributed by atoms with Gasteiger partial charge in [-0.05, 0) is 49.3 Å². The highest BCUT2D eigenvalue weighted by Crippen LogP contribution is 2.22. The highest BCUT2D eigenvalue weighted by atomic mass is 32.2. The quantitative estimate of drug-likeness (QED) is 0.763. The van der Waals surface area contributed by atoms with Gasteiger partial charge in [0, 0.05) is 6.54 Å². The zero-order valence-electron chi connectivity index (χ0n) is 12.8. The van der Waals surface area contributed by atoms with E-state index in [0.29, 0.717) is 19.4 Å². The van der Waals surface area contributed by atoms with E-state index in [-0.39, 0.29) is 22.3 Å². The average Bonchev–Trinajstić information content (AvgIpc) is 2.83. The number of aryl methyl sites for hydroxylation is 1. The first kappa shape index (κ1) is 17.4. The van der Waals surface area contributed by atoms with Crippen LogP contribution >= 0.6 is 0 Å². The summed E-state index contributed by atoms with van der Waals surface area (Å²) in [5.41, 5.74) is 1.10. The Morgan fingerprint density at radius 3 is 2.45 bits per heavy atom. The summed E-state index contributed by atoms with van der Waals surface area (Å²) in [5, 5.41) is 0. The lowest BCUT2D eigenvalue weighted by atomic mass is 10.0. The monoisotopic (exact) mass is 345 g/mol. The molecule has 1 saturated heterocycles. The van der Waals surface area contributed by atoms with E-state index in [1.807, 2.05) is 19.1 Å². The van der Waals surface area contributed by atoms with Gasteiger partial charge in [0.25, 0.3) is 0 Å². The van der Waals surface area contributed by atoms with Gasteiger partial charge in [0.2, 0.25) is 10.0 Å². The molecule has 22 heavy (non-hydrogen) atoms. The molecule has 1 aliphatic heterocycles. The molecule has 1 aliphatic rings. The van der Waals surface area contributed by atoms with Crippen molar-refractivity contribution >= 4 is 19.9 Å². The fourth-order valence-electron chi connectivity index (χ4n) is 2.68. The molecule has 1 aromatic carbocycles. The van der Waals surface area contributed by atoms with E-state index in [0.717, 1.165) is 18.4 Å². The molecule has 0 saturated carbocycles. The van der Waals surface area contributed by atoms with Crippen LogP contribution in [0.15, 0.2) is 29.2 Å². The summed E-state index contributed by atoms with van der Waals surface area (Å²) in [6, 6.07) is 6.87. The largest absolute Gasteiger partial charge is 0.240 e. The molecule has 0 aromatic heterocycles. The van der Waals surface area contributed by atoms with Gasteiger partial charge < -0.3 is 0 Å². The molecule has 2 rings (SSSR count). The number of hydrogen-bond acceptors (Lipinski definition) is 4. The third-order valence-corrected chi connectivity index (χ3v) is 7.36. The minimum Gasteiger partial charge on any atom is -0.229 e.